The van der Waals surface area contributed by atoms with Gasteiger partial charge in [0.1, 0.15) is 23.8 Å². The Bertz CT molecular complexity index is 1270. The highest BCUT2D eigenvalue weighted by molar-refractivity contribution is 5.89. The highest BCUT2D eigenvalue weighted by atomic mass is 19.4. The molecule has 1 aliphatic rings. The molecule has 2 heterocycles. The molecule has 2 atom stereocenters. The number of rotatable bonds is 9. The van der Waals surface area contributed by atoms with Crippen LogP contribution in [0.3, 0.4) is 0 Å². The Balaban J connectivity index is 1.55. The number of nitrogens with one attached hydrogen (secondary N) is 3. The molecule has 1 aliphatic heterocycles. The average molecular weight is 552 g/mol. The van der Waals surface area contributed by atoms with Crippen molar-refractivity contribution in [3.63, 3.8) is 0 Å². The molecule has 13 heteroatoms. The van der Waals surface area contributed by atoms with Crippen molar-refractivity contribution in [2.24, 2.45) is 0 Å². The lowest BCUT2D eigenvalue weighted by atomic mass is 10.1. The lowest BCUT2D eigenvalue weighted by Gasteiger charge is -2.26. The molecule has 0 aliphatic carbocycles. The molecular formula is C26H29F4N5O4. The third-order valence-corrected chi connectivity index (χ3v) is 6.02. The molecule has 39 heavy (non-hydrogen) atoms. The lowest BCUT2D eigenvalue weighted by Crippen LogP contribution is -2.44. The molecule has 3 aromatic rings. The van der Waals surface area contributed by atoms with Crippen LogP contribution in [0.25, 0.3) is 5.69 Å². The average Bonchev–Trinajstić information content (AvgIpc) is 3.20. The van der Waals surface area contributed by atoms with E-state index in [0.717, 1.165) is 0 Å². The predicted molar refractivity (Wildman–Crippen MR) is 135 cm³/mol. The van der Waals surface area contributed by atoms with Crippen LogP contribution < -0.4 is 25.4 Å². The quantitative estimate of drug-likeness (QED) is 0.336. The Morgan fingerprint density at radius 1 is 1.21 bits per heavy atom. The van der Waals surface area contributed by atoms with Gasteiger partial charge in [0.05, 0.1) is 17.9 Å². The van der Waals surface area contributed by atoms with Crippen LogP contribution in [-0.2, 0) is 17.9 Å². The maximum absolute atomic E-state index is 14.4. The molecule has 1 saturated heterocycles. The fourth-order valence-electron chi connectivity index (χ4n) is 4.14. The molecule has 9 nitrogen and oxygen atoms in total. The standard InChI is InChI=1S/C26H29F4N5O4/c1-16-23(33-25(36)32-13-18-12-17(15-37-2)8-9-21(18)39-26(28,29)30)35(19-6-4-3-5-7-19)34-24(16)38-22-10-11-31-14-20(22)27/h3-9,12,20,22,31H,10-11,13-15H2,1-2H3,(H2,32,33,36)/t20-,22-/m1/s1. The smallest absolute Gasteiger partial charge is 0.470 e. The molecule has 0 spiro atoms. The van der Waals surface area contributed by atoms with Gasteiger partial charge in [-0.05, 0) is 49.7 Å². The van der Waals surface area contributed by atoms with Crippen molar-refractivity contribution in [2.45, 2.75) is 45.1 Å². The number of benzene rings is 2. The molecule has 4 rings (SSSR count). The summed E-state index contributed by atoms with van der Waals surface area (Å²) in [5.41, 5.74) is 1.78. The number of nitrogens with zero attached hydrogens (tertiary/aromatic N) is 2. The topological polar surface area (TPSA) is 98.7 Å². The van der Waals surface area contributed by atoms with E-state index in [0.29, 0.717) is 29.8 Å². The second-order valence-corrected chi connectivity index (χ2v) is 8.92. The maximum atomic E-state index is 14.4. The van der Waals surface area contributed by atoms with Gasteiger partial charge in [-0.1, -0.05) is 24.3 Å². The van der Waals surface area contributed by atoms with Crippen molar-refractivity contribution in [3.05, 3.63) is 65.2 Å². The van der Waals surface area contributed by atoms with Gasteiger partial charge in [0.2, 0.25) is 5.88 Å². The van der Waals surface area contributed by atoms with Crippen molar-refractivity contribution in [1.82, 2.24) is 20.4 Å². The first-order valence-electron chi connectivity index (χ1n) is 12.2. The van der Waals surface area contributed by atoms with E-state index in [1.54, 1.807) is 31.2 Å². The molecule has 210 valence electrons. The van der Waals surface area contributed by atoms with Crippen LogP contribution in [-0.4, -0.2) is 54.6 Å². The number of carbonyl (C=O) groups is 1. The van der Waals surface area contributed by atoms with Gasteiger partial charge in [-0.3, -0.25) is 5.32 Å². The largest absolute Gasteiger partial charge is 0.573 e. The third-order valence-electron chi connectivity index (χ3n) is 6.02. The van der Waals surface area contributed by atoms with Gasteiger partial charge >= 0.3 is 12.4 Å². The van der Waals surface area contributed by atoms with E-state index in [1.165, 1.54) is 30.0 Å². The second-order valence-electron chi connectivity index (χ2n) is 8.92. The van der Waals surface area contributed by atoms with Gasteiger partial charge in [0, 0.05) is 25.8 Å². The zero-order valence-electron chi connectivity index (χ0n) is 21.3. The number of aromatic nitrogens is 2. The van der Waals surface area contributed by atoms with Gasteiger partial charge in [-0.2, -0.15) is 0 Å². The Morgan fingerprint density at radius 3 is 2.67 bits per heavy atom. The molecular weight excluding hydrogens is 522 g/mol. The van der Waals surface area contributed by atoms with Crippen molar-refractivity contribution in [3.8, 4) is 17.3 Å². The first-order chi connectivity index (χ1) is 18.6. The minimum absolute atomic E-state index is 0.106. The van der Waals surface area contributed by atoms with Crippen LogP contribution in [0.4, 0.5) is 28.2 Å². The second kappa shape index (κ2) is 12.3. The summed E-state index contributed by atoms with van der Waals surface area (Å²) in [5.74, 6) is -0.0126. The van der Waals surface area contributed by atoms with Gasteiger partial charge in [-0.15, -0.1) is 18.3 Å². The number of piperidine rings is 1. The normalized spacial score (nSPS) is 17.5. The van der Waals surface area contributed by atoms with Crippen molar-refractivity contribution in [1.29, 1.82) is 0 Å². The fraction of sp³-hybridized carbons (Fsp3) is 0.385. The molecule has 1 fully saturated rings. The van der Waals surface area contributed by atoms with Gasteiger partial charge in [0.15, 0.2) is 0 Å². The van der Waals surface area contributed by atoms with E-state index in [2.05, 4.69) is 25.8 Å². The van der Waals surface area contributed by atoms with E-state index in [4.69, 9.17) is 9.47 Å². The monoisotopic (exact) mass is 551 g/mol. The number of anilines is 1. The molecule has 0 saturated carbocycles. The Morgan fingerprint density at radius 2 is 1.97 bits per heavy atom. The Kier molecular flexibility index (Phi) is 8.92. The Labute approximate surface area is 222 Å². The van der Waals surface area contributed by atoms with Crippen LogP contribution in [0.15, 0.2) is 48.5 Å². The fourth-order valence-corrected chi connectivity index (χ4v) is 4.14. The summed E-state index contributed by atoms with van der Waals surface area (Å²) < 4.78 is 69.6. The Hall–Kier alpha value is -3.84. The number of para-hydroxylation sites is 1. The van der Waals surface area contributed by atoms with Gasteiger partial charge < -0.3 is 24.8 Å². The summed E-state index contributed by atoms with van der Waals surface area (Å²) in [6.07, 6.45) is -6.37. The summed E-state index contributed by atoms with van der Waals surface area (Å²) in [4.78, 5) is 12.9. The van der Waals surface area contributed by atoms with E-state index in [-0.39, 0.29) is 37.0 Å². The molecule has 0 radical (unpaired) electrons. The number of hydrogen-bond acceptors (Lipinski definition) is 6. The molecule has 1 aromatic heterocycles. The van der Waals surface area contributed by atoms with E-state index < -0.39 is 30.4 Å². The van der Waals surface area contributed by atoms with Crippen molar-refractivity contribution in [2.75, 3.05) is 25.5 Å². The molecule has 3 N–H and O–H groups in total. The highest BCUT2D eigenvalue weighted by Gasteiger charge is 2.32. The number of amides is 2. The van der Waals surface area contributed by atoms with Crippen LogP contribution in [0.5, 0.6) is 11.6 Å². The minimum Gasteiger partial charge on any atom is -0.470 e. The maximum Gasteiger partial charge on any atom is 0.573 e. The molecule has 0 bridgehead atoms. The number of methoxy groups -OCH3 is 1. The van der Waals surface area contributed by atoms with Crippen LogP contribution in [0.1, 0.15) is 23.1 Å². The number of carbonyl (C=O) groups excluding carboxylic acids is 1. The predicted octanol–water partition coefficient (Wildman–Crippen LogP) is 4.63. The summed E-state index contributed by atoms with van der Waals surface area (Å²) in [6.45, 7) is 2.34. The van der Waals surface area contributed by atoms with E-state index in [1.807, 2.05) is 6.07 Å². The lowest BCUT2D eigenvalue weighted by molar-refractivity contribution is -0.274. The molecule has 0 unspecified atom stereocenters. The summed E-state index contributed by atoms with van der Waals surface area (Å²) >= 11 is 0. The first-order valence-corrected chi connectivity index (χ1v) is 12.2. The number of halogens is 4. The SMILES string of the molecule is COCc1ccc(OC(F)(F)F)c(CNC(=O)Nc2c(C)c(O[C@@H]3CCNC[C@H]3F)nn2-c2ccccc2)c1. The molecule has 2 amide bonds. The zero-order valence-corrected chi connectivity index (χ0v) is 21.3. The minimum atomic E-state index is -4.90. The van der Waals surface area contributed by atoms with Crippen molar-refractivity contribution < 1.29 is 36.6 Å². The van der Waals surface area contributed by atoms with Gasteiger partial charge in [0.25, 0.3) is 0 Å². The number of hydrogen-bond donors (Lipinski definition) is 3. The van der Waals surface area contributed by atoms with Crippen LogP contribution >= 0.6 is 0 Å². The van der Waals surface area contributed by atoms with Crippen LogP contribution in [0, 0.1) is 6.92 Å². The third kappa shape index (κ3) is 7.39. The van der Waals surface area contributed by atoms with E-state index >= 15 is 0 Å². The zero-order chi connectivity index (χ0) is 28.0. The molecule has 2 aromatic carbocycles. The summed E-state index contributed by atoms with van der Waals surface area (Å²) in [6, 6.07) is 12.3. The summed E-state index contributed by atoms with van der Waals surface area (Å²) in [5, 5.41) is 12.7. The first kappa shape index (κ1) is 28.2. The number of alkyl halides is 4. The number of urea groups is 1. The summed E-state index contributed by atoms with van der Waals surface area (Å²) in [7, 11) is 1.46. The highest BCUT2D eigenvalue weighted by Crippen LogP contribution is 2.31. The van der Waals surface area contributed by atoms with E-state index in [9.17, 15) is 22.4 Å². The van der Waals surface area contributed by atoms with Crippen LogP contribution in [0.2, 0.25) is 0 Å². The van der Waals surface area contributed by atoms with Gasteiger partial charge in [-0.25, -0.2) is 13.9 Å². The number of ether oxygens (including phenoxy) is 3. The van der Waals surface area contributed by atoms with Crippen molar-refractivity contribution >= 4 is 11.8 Å².